The van der Waals surface area contributed by atoms with Crippen LogP contribution in [0.15, 0.2) is 84.9 Å². The third-order valence-corrected chi connectivity index (χ3v) is 7.76. The molecule has 2 amide bonds. The highest BCUT2D eigenvalue weighted by molar-refractivity contribution is 5.91. The Balaban J connectivity index is 1.30. The molecule has 1 atom stereocenters. The van der Waals surface area contributed by atoms with Crippen LogP contribution >= 0.6 is 0 Å². The summed E-state index contributed by atoms with van der Waals surface area (Å²) in [4.78, 5) is 33.4. The molecule has 1 unspecified atom stereocenters. The fourth-order valence-corrected chi connectivity index (χ4v) is 5.53. The van der Waals surface area contributed by atoms with Crippen LogP contribution in [0, 0.1) is 0 Å². The number of piperidine rings is 1. The lowest BCUT2D eigenvalue weighted by atomic mass is 9.99. The molecule has 1 fully saturated rings. The van der Waals surface area contributed by atoms with E-state index in [1.807, 2.05) is 47.4 Å². The number of carbonyl (C=O) groups is 2. The fraction of sp³-hybridized carbons (Fsp3) is 0.364. The Morgan fingerprint density at radius 2 is 1.57 bits per heavy atom. The molecule has 0 saturated carbocycles. The van der Waals surface area contributed by atoms with Crippen LogP contribution in [0.4, 0.5) is 0 Å². The van der Waals surface area contributed by atoms with Crippen molar-refractivity contribution in [1.82, 2.24) is 19.8 Å². The molecule has 2 heterocycles. The first kappa shape index (κ1) is 27.6. The molecule has 7 heteroatoms. The number of nitrogens with zero attached hydrogens (tertiary/aromatic N) is 3. The van der Waals surface area contributed by atoms with E-state index in [9.17, 15) is 9.59 Å². The molecule has 3 aromatic carbocycles. The van der Waals surface area contributed by atoms with Gasteiger partial charge in [-0.25, -0.2) is 4.98 Å². The number of likely N-dealkylation sites (tertiary alicyclic amines) is 1. The van der Waals surface area contributed by atoms with E-state index in [1.54, 1.807) is 13.8 Å². The van der Waals surface area contributed by atoms with Crippen LogP contribution in [-0.4, -0.2) is 50.9 Å². The molecule has 0 aliphatic carbocycles. The molecule has 1 aromatic heterocycles. The number of hydrogen-bond acceptors (Lipinski definition) is 4. The first-order valence-electron chi connectivity index (χ1n) is 14.3. The van der Waals surface area contributed by atoms with Gasteiger partial charge in [-0.15, -0.1) is 0 Å². The second kappa shape index (κ2) is 12.0. The maximum Gasteiger partial charge on any atom is 0.245 e. The molecule has 4 aromatic rings. The van der Waals surface area contributed by atoms with Crippen molar-refractivity contribution in [3.05, 3.63) is 90.5 Å². The number of nitrogens with two attached hydrogens (primary N) is 1. The number of rotatable bonds is 9. The van der Waals surface area contributed by atoms with E-state index in [2.05, 4.69) is 52.3 Å². The van der Waals surface area contributed by atoms with Crippen LogP contribution in [0.25, 0.3) is 22.4 Å². The summed E-state index contributed by atoms with van der Waals surface area (Å²) in [5.74, 6) is 0.628. The van der Waals surface area contributed by atoms with Crippen molar-refractivity contribution in [2.75, 3.05) is 13.1 Å². The maximum atomic E-state index is 13.7. The highest BCUT2D eigenvalue weighted by Crippen LogP contribution is 2.33. The highest BCUT2D eigenvalue weighted by atomic mass is 16.2. The number of aryl methyl sites for hydroxylation is 1. The minimum atomic E-state index is -1.05. The van der Waals surface area contributed by atoms with Crippen LogP contribution in [-0.2, 0) is 16.0 Å². The van der Waals surface area contributed by atoms with Crippen molar-refractivity contribution in [2.24, 2.45) is 5.73 Å². The molecule has 0 radical (unpaired) electrons. The molecule has 0 spiro atoms. The molecule has 1 aliphatic rings. The lowest BCUT2D eigenvalue weighted by Crippen LogP contribution is -2.57. The summed E-state index contributed by atoms with van der Waals surface area (Å²) >= 11 is 0. The van der Waals surface area contributed by atoms with Crippen molar-refractivity contribution in [3.63, 3.8) is 0 Å². The van der Waals surface area contributed by atoms with Gasteiger partial charge in [-0.3, -0.25) is 9.59 Å². The Kier molecular flexibility index (Phi) is 8.31. The SMILES string of the molecule is CC(C)(N)C(=O)NC(CCCc1ccccc1)C(=O)N1CCC(n2c(-c3ccccc3)nc3ccccc32)CC1. The number of fused-ring (bicyclic) bond motifs is 1. The van der Waals surface area contributed by atoms with Crippen molar-refractivity contribution in [2.45, 2.75) is 63.6 Å². The van der Waals surface area contributed by atoms with E-state index in [0.717, 1.165) is 48.1 Å². The minimum absolute atomic E-state index is 0.0251. The van der Waals surface area contributed by atoms with Gasteiger partial charge in [0.15, 0.2) is 0 Å². The van der Waals surface area contributed by atoms with Crippen LogP contribution in [0.3, 0.4) is 0 Å². The number of benzene rings is 3. The number of hydrogen-bond donors (Lipinski definition) is 2. The lowest BCUT2D eigenvalue weighted by Gasteiger charge is -2.36. The molecule has 1 aliphatic heterocycles. The fourth-order valence-electron chi connectivity index (χ4n) is 5.53. The largest absolute Gasteiger partial charge is 0.343 e. The topological polar surface area (TPSA) is 93.2 Å². The number of para-hydroxylation sites is 2. The Morgan fingerprint density at radius 3 is 2.25 bits per heavy atom. The Hall–Kier alpha value is -3.97. The normalized spacial score (nSPS) is 15.2. The van der Waals surface area contributed by atoms with Gasteiger partial charge in [-0.05, 0) is 63.6 Å². The third-order valence-electron chi connectivity index (χ3n) is 7.76. The predicted octanol–water partition coefficient (Wildman–Crippen LogP) is 5.11. The zero-order chi connectivity index (χ0) is 28.1. The van der Waals surface area contributed by atoms with Crippen LogP contribution in [0.1, 0.15) is 51.1 Å². The van der Waals surface area contributed by atoms with Crippen LogP contribution in [0.5, 0.6) is 0 Å². The quantitative estimate of drug-likeness (QED) is 0.310. The van der Waals surface area contributed by atoms with Crippen LogP contribution in [0.2, 0.25) is 0 Å². The Morgan fingerprint density at radius 1 is 0.950 bits per heavy atom. The van der Waals surface area contributed by atoms with Crippen molar-refractivity contribution in [3.8, 4) is 11.4 Å². The zero-order valence-electron chi connectivity index (χ0n) is 23.4. The van der Waals surface area contributed by atoms with Gasteiger partial charge >= 0.3 is 0 Å². The van der Waals surface area contributed by atoms with E-state index < -0.39 is 11.6 Å². The monoisotopic (exact) mass is 537 g/mol. The van der Waals surface area contributed by atoms with E-state index in [-0.39, 0.29) is 17.9 Å². The van der Waals surface area contributed by atoms with Crippen molar-refractivity contribution in [1.29, 1.82) is 0 Å². The van der Waals surface area contributed by atoms with Gasteiger partial charge in [-0.2, -0.15) is 0 Å². The van der Waals surface area contributed by atoms with Gasteiger partial charge in [-0.1, -0.05) is 72.8 Å². The molecule has 40 heavy (non-hydrogen) atoms. The molecular formula is C33H39N5O2. The molecule has 5 rings (SSSR count). The van der Waals surface area contributed by atoms with E-state index in [0.29, 0.717) is 19.5 Å². The summed E-state index contributed by atoms with van der Waals surface area (Å²) in [6.45, 7) is 4.58. The first-order chi connectivity index (χ1) is 19.3. The number of aromatic nitrogens is 2. The van der Waals surface area contributed by atoms with Crippen LogP contribution < -0.4 is 11.1 Å². The summed E-state index contributed by atoms with van der Waals surface area (Å²) < 4.78 is 2.35. The molecule has 208 valence electrons. The van der Waals surface area contributed by atoms with E-state index in [4.69, 9.17) is 10.7 Å². The number of amides is 2. The molecular weight excluding hydrogens is 498 g/mol. The van der Waals surface area contributed by atoms with Gasteiger partial charge in [0.1, 0.15) is 11.9 Å². The summed E-state index contributed by atoms with van der Waals surface area (Å²) in [5, 5.41) is 2.96. The van der Waals surface area contributed by atoms with E-state index >= 15 is 0 Å². The molecule has 7 nitrogen and oxygen atoms in total. The standard InChI is InChI=1S/C33H39N5O2/c1-33(2,34)32(40)36-28(18-11-14-24-12-5-3-6-13-24)31(39)37-22-20-26(21-23-37)38-29-19-10-9-17-27(29)35-30(38)25-15-7-4-8-16-25/h3-10,12-13,15-17,19,26,28H,11,14,18,20-23,34H2,1-2H3,(H,36,40). The second-order valence-corrected chi connectivity index (χ2v) is 11.3. The summed E-state index contributed by atoms with van der Waals surface area (Å²) in [6.07, 6.45) is 3.85. The summed E-state index contributed by atoms with van der Waals surface area (Å²) in [7, 11) is 0. The van der Waals surface area contributed by atoms with E-state index in [1.165, 1.54) is 5.56 Å². The Bertz CT molecular complexity index is 1430. The third kappa shape index (κ3) is 6.26. The smallest absolute Gasteiger partial charge is 0.245 e. The van der Waals surface area contributed by atoms with Gasteiger partial charge in [0.05, 0.1) is 16.6 Å². The van der Waals surface area contributed by atoms with Gasteiger partial charge in [0.25, 0.3) is 0 Å². The van der Waals surface area contributed by atoms with Gasteiger partial charge in [0.2, 0.25) is 11.8 Å². The van der Waals surface area contributed by atoms with Crippen molar-refractivity contribution < 1.29 is 9.59 Å². The van der Waals surface area contributed by atoms with Gasteiger partial charge < -0.3 is 20.5 Å². The Labute approximate surface area is 236 Å². The molecule has 3 N–H and O–H groups in total. The number of nitrogens with one attached hydrogen (secondary N) is 1. The predicted molar refractivity (Wildman–Crippen MR) is 160 cm³/mol. The second-order valence-electron chi connectivity index (χ2n) is 11.3. The summed E-state index contributed by atoms with van der Waals surface area (Å²) in [5.41, 5.74) is 9.41. The minimum Gasteiger partial charge on any atom is -0.343 e. The molecule has 0 bridgehead atoms. The molecule has 1 saturated heterocycles. The number of carbonyl (C=O) groups excluding carboxylic acids is 2. The average molecular weight is 538 g/mol. The zero-order valence-corrected chi connectivity index (χ0v) is 23.4. The van der Waals surface area contributed by atoms with Crippen molar-refractivity contribution >= 4 is 22.8 Å². The van der Waals surface area contributed by atoms with Gasteiger partial charge in [0, 0.05) is 24.7 Å². The number of imidazole rings is 1. The highest BCUT2D eigenvalue weighted by Gasteiger charge is 2.33. The lowest BCUT2D eigenvalue weighted by molar-refractivity contribution is -0.138. The average Bonchev–Trinajstić information content (AvgIpc) is 3.36. The summed E-state index contributed by atoms with van der Waals surface area (Å²) in [6, 6.07) is 28.4. The maximum absolute atomic E-state index is 13.7. The first-order valence-corrected chi connectivity index (χ1v) is 14.3.